The monoisotopic (exact) mass is 168 g/mol. The molecule has 0 aliphatic heterocycles. The van der Waals surface area contributed by atoms with E-state index in [1.807, 2.05) is 0 Å². The molecule has 0 saturated carbocycles. The molecule has 1 aromatic rings. The number of nitrogens with zero attached hydrogens (tertiary/aromatic N) is 1. The lowest BCUT2D eigenvalue weighted by atomic mass is 9.88. The van der Waals surface area contributed by atoms with Crippen LogP contribution in [0.5, 0.6) is 0 Å². The highest BCUT2D eigenvalue weighted by molar-refractivity contribution is 5.07. The quantitative estimate of drug-likeness (QED) is 0.749. The number of aromatic nitrogens is 1. The predicted molar refractivity (Wildman–Crippen MR) is 47.7 cm³/mol. The van der Waals surface area contributed by atoms with Gasteiger partial charge in [-0.3, -0.25) is 0 Å². The maximum Gasteiger partial charge on any atom is 0.208 e. The first-order chi connectivity index (χ1) is 5.60. The highest BCUT2D eigenvalue weighted by Crippen LogP contribution is 2.26. The van der Waals surface area contributed by atoms with Gasteiger partial charge in [0.2, 0.25) is 5.89 Å². The number of hydrogen-bond acceptors (Lipinski definition) is 3. The van der Waals surface area contributed by atoms with Crippen LogP contribution in [0.4, 0.5) is 0 Å². The molecular formula is C9H16N2O. The van der Waals surface area contributed by atoms with Crippen LogP contribution in [0.25, 0.3) is 0 Å². The fraction of sp³-hybridized carbons (Fsp3) is 0.667. The SMILES string of the molecule is CCC(C)(C)c1cnc(CN)o1. The Labute approximate surface area is 73.0 Å². The largest absolute Gasteiger partial charge is 0.444 e. The third kappa shape index (κ3) is 1.67. The molecule has 3 nitrogen and oxygen atoms in total. The molecule has 0 fully saturated rings. The van der Waals surface area contributed by atoms with Crippen molar-refractivity contribution in [3.05, 3.63) is 17.8 Å². The van der Waals surface area contributed by atoms with Crippen LogP contribution < -0.4 is 5.73 Å². The summed E-state index contributed by atoms with van der Waals surface area (Å²) in [5.74, 6) is 1.54. The van der Waals surface area contributed by atoms with Gasteiger partial charge in [0.1, 0.15) is 5.76 Å². The van der Waals surface area contributed by atoms with Gasteiger partial charge in [-0.15, -0.1) is 0 Å². The molecule has 0 bridgehead atoms. The summed E-state index contributed by atoms with van der Waals surface area (Å²) in [5, 5.41) is 0. The molecule has 0 radical (unpaired) electrons. The molecule has 0 spiro atoms. The molecule has 0 amide bonds. The van der Waals surface area contributed by atoms with Crippen molar-refractivity contribution in [1.82, 2.24) is 4.98 Å². The Balaban J connectivity index is 2.88. The van der Waals surface area contributed by atoms with Crippen molar-refractivity contribution in [3.8, 4) is 0 Å². The van der Waals surface area contributed by atoms with Crippen molar-refractivity contribution in [3.63, 3.8) is 0 Å². The van der Waals surface area contributed by atoms with Gasteiger partial charge in [0.05, 0.1) is 12.7 Å². The van der Waals surface area contributed by atoms with Crippen LogP contribution in [0.3, 0.4) is 0 Å². The Morgan fingerprint density at radius 1 is 1.58 bits per heavy atom. The summed E-state index contributed by atoms with van der Waals surface area (Å²) in [7, 11) is 0. The summed E-state index contributed by atoms with van der Waals surface area (Å²) in [6.45, 7) is 6.77. The molecule has 0 aliphatic rings. The normalized spacial score (nSPS) is 12.0. The van der Waals surface area contributed by atoms with Crippen molar-refractivity contribution in [1.29, 1.82) is 0 Å². The van der Waals surface area contributed by atoms with Crippen molar-refractivity contribution in [2.45, 2.75) is 39.2 Å². The van der Waals surface area contributed by atoms with Gasteiger partial charge < -0.3 is 10.2 Å². The minimum absolute atomic E-state index is 0.0699. The maximum atomic E-state index is 5.45. The summed E-state index contributed by atoms with van der Waals surface area (Å²) in [6, 6.07) is 0. The summed E-state index contributed by atoms with van der Waals surface area (Å²) in [5.41, 5.74) is 5.46. The molecule has 0 saturated heterocycles. The van der Waals surface area contributed by atoms with E-state index in [9.17, 15) is 0 Å². The van der Waals surface area contributed by atoms with E-state index in [1.165, 1.54) is 0 Å². The Kier molecular flexibility index (Phi) is 2.52. The fourth-order valence-electron chi connectivity index (χ4n) is 0.892. The second-order valence-electron chi connectivity index (χ2n) is 3.56. The molecule has 2 N–H and O–H groups in total. The third-order valence-corrected chi connectivity index (χ3v) is 2.28. The van der Waals surface area contributed by atoms with Crippen molar-refractivity contribution >= 4 is 0 Å². The van der Waals surface area contributed by atoms with Crippen LogP contribution in [0.15, 0.2) is 10.6 Å². The van der Waals surface area contributed by atoms with Gasteiger partial charge in [0.15, 0.2) is 0 Å². The van der Waals surface area contributed by atoms with E-state index in [1.54, 1.807) is 6.20 Å². The smallest absolute Gasteiger partial charge is 0.208 e. The highest BCUT2D eigenvalue weighted by Gasteiger charge is 2.22. The van der Waals surface area contributed by atoms with E-state index in [-0.39, 0.29) is 5.41 Å². The van der Waals surface area contributed by atoms with Gasteiger partial charge in [-0.25, -0.2) is 4.98 Å². The van der Waals surface area contributed by atoms with Crippen LogP contribution in [0.1, 0.15) is 38.8 Å². The zero-order chi connectivity index (χ0) is 9.19. The average Bonchev–Trinajstić information content (AvgIpc) is 2.52. The predicted octanol–water partition coefficient (Wildman–Crippen LogP) is 1.82. The van der Waals surface area contributed by atoms with Gasteiger partial charge in [-0.2, -0.15) is 0 Å². The molecule has 68 valence electrons. The van der Waals surface area contributed by atoms with Gasteiger partial charge in [0, 0.05) is 5.41 Å². The van der Waals surface area contributed by atoms with Gasteiger partial charge in [-0.1, -0.05) is 20.8 Å². The third-order valence-electron chi connectivity index (χ3n) is 2.28. The number of hydrogen-bond donors (Lipinski definition) is 1. The van der Waals surface area contributed by atoms with E-state index in [2.05, 4.69) is 25.8 Å². The molecule has 0 aliphatic carbocycles. The molecule has 0 atom stereocenters. The maximum absolute atomic E-state index is 5.45. The Morgan fingerprint density at radius 3 is 2.67 bits per heavy atom. The zero-order valence-corrected chi connectivity index (χ0v) is 7.92. The summed E-state index contributed by atoms with van der Waals surface area (Å²) < 4.78 is 5.45. The van der Waals surface area contributed by atoms with Crippen molar-refractivity contribution in [2.24, 2.45) is 5.73 Å². The lowest BCUT2D eigenvalue weighted by Gasteiger charge is -2.18. The second kappa shape index (κ2) is 3.27. The zero-order valence-electron chi connectivity index (χ0n) is 7.92. The van der Waals surface area contributed by atoms with E-state index in [0.717, 1.165) is 12.2 Å². The fourth-order valence-corrected chi connectivity index (χ4v) is 0.892. The lowest BCUT2D eigenvalue weighted by molar-refractivity contribution is 0.356. The Bertz CT molecular complexity index is 253. The molecule has 0 unspecified atom stereocenters. The average molecular weight is 168 g/mol. The van der Waals surface area contributed by atoms with Crippen LogP contribution in [0.2, 0.25) is 0 Å². The molecular weight excluding hydrogens is 152 g/mol. The first-order valence-corrected chi connectivity index (χ1v) is 4.25. The molecule has 3 heteroatoms. The van der Waals surface area contributed by atoms with E-state index >= 15 is 0 Å². The van der Waals surface area contributed by atoms with Gasteiger partial charge >= 0.3 is 0 Å². The second-order valence-corrected chi connectivity index (χ2v) is 3.56. The molecule has 1 rings (SSSR count). The molecule has 1 aromatic heterocycles. The summed E-state index contributed by atoms with van der Waals surface area (Å²) in [4.78, 5) is 4.06. The minimum Gasteiger partial charge on any atom is -0.444 e. The van der Waals surface area contributed by atoms with Crippen LogP contribution >= 0.6 is 0 Å². The first kappa shape index (κ1) is 9.26. The van der Waals surface area contributed by atoms with E-state index in [0.29, 0.717) is 12.4 Å². The lowest BCUT2D eigenvalue weighted by Crippen LogP contribution is -2.14. The van der Waals surface area contributed by atoms with Gasteiger partial charge in [-0.05, 0) is 6.42 Å². The number of rotatable bonds is 3. The first-order valence-electron chi connectivity index (χ1n) is 4.25. The Hall–Kier alpha value is -0.830. The van der Waals surface area contributed by atoms with E-state index < -0.39 is 0 Å². The molecule has 12 heavy (non-hydrogen) atoms. The standard InChI is InChI=1S/C9H16N2O/c1-4-9(2,3)7-6-11-8(5-10)12-7/h6H,4-5,10H2,1-3H3. The molecule has 1 heterocycles. The summed E-state index contributed by atoms with van der Waals surface area (Å²) >= 11 is 0. The van der Waals surface area contributed by atoms with Crippen molar-refractivity contribution < 1.29 is 4.42 Å². The topological polar surface area (TPSA) is 52.0 Å². The van der Waals surface area contributed by atoms with Crippen LogP contribution in [0, 0.1) is 0 Å². The number of nitrogens with two attached hydrogens (primary N) is 1. The van der Waals surface area contributed by atoms with Crippen LogP contribution in [-0.2, 0) is 12.0 Å². The van der Waals surface area contributed by atoms with Crippen LogP contribution in [-0.4, -0.2) is 4.98 Å². The van der Waals surface area contributed by atoms with Gasteiger partial charge in [0.25, 0.3) is 0 Å². The van der Waals surface area contributed by atoms with E-state index in [4.69, 9.17) is 10.2 Å². The molecule has 0 aromatic carbocycles. The highest BCUT2D eigenvalue weighted by atomic mass is 16.4. The number of oxazole rings is 1. The minimum atomic E-state index is 0.0699. The summed E-state index contributed by atoms with van der Waals surface area (Å²) in [6.07, 6.45) is 2.80. The van der Waals surface area contributed by atoms with Crippen molar-refractivity contribution in [2.75, 3.05) is 0 Å². The Morgan fingerprint density at radius 2 is 2.25 bits per heavy atom.